The standard InChI is InChI=1S/C18H21N5OS/c1-12-9-10-14(11-12)20-21-18(25)19-16-13(2)22(3)23(17(16)24)15-7-5-4-6-8-15/h4-8,11H,9-10H2,1-3H3,(H2,19,21,25)/b20-14+. The Morgan fingerprint density at radius 2 is 1.92 bits per heavy atom. The Morgan fingerprint density at radius 1 is 1.20 bits per heavy atom. The number of para-hydroxylation sites is 1. The molecular weight excluding hydrogens is 334 g/mol. The highest BCUT2D eigenvalue weighted by atomic mass is 32.1. The van der Waals surface area contributed by atoms with Crippen molar-refractivity contribution in [3.8, 4) is 5.69 Å². The van der Waals surface area contributed by atoms with Crippen LogP contribution < -0.4 is 16.3 Å². The Labute approximate surface area is 151 Å². The van der Waals surface area contributed by atoms with Crippen LogP contribution in [0.4, 0.5) is 5.69 Å². The molecule has 0 spiro atoms. The molecule has 6 nitrogen and oxygen atoms in total. The fourth-order valence-electron chi connectivity index (χ4n) is 2.82. The molecule has 0 radical (unpaired) electrons. The van der Waals surface area contributed by atoms with Crippen molar-refractivity contribution in [2.45, 2.75) is 26.7 Å². The summed E-state index contributed by atoms with van der Waals surface area (Å²) in [6, 6.07) is 9.50. The van der Waals surface area contributed by atoms with Gasteiger partial charge in [-0.2, -0.15) is 5.10 Å². The lowest BCUT2D eigenvalue weighted by atomic mass is 10.3. The molecule has 1 aliphatic rings. The first-order valence-corrected chi connectivity index (χ1v) is 8.53. The molecule has 1 aliphatic carbocycles. The molecular formula is C18H21N5OS. The average molecular weight is 355 g/mol. The number of hydrazone groups is 1. The number of rotatable bonds is 3. The first-order valence-electron chi connectivity index (χ1n) is 8.12. The molecule has 1 heterocycles. The summed E-state index contributed by atoms with van der Waals surface area (Å²) in [5, 5.41) is 7.57. The maximum atomic E-state index is 12.8. The number of hydrogen-bond donors (Lipinski definition) is 2. The molecule has 0 amide bonds. The van der Waals surface area contributed by atoms with Gasteiger partial charge in [-0.15, -0.1) is 0 Å². The minimum absolute atomic E-state index is 0.153. The van der Waals surface area contributed by atoms with Crippen LogP contribution in [0.15, 0.2) is 51.9 Å². The second-order valence-electron chi connectivity index (χ2n) is 6.10. The third-order valence-electron chi connectivity index (χ3n) is 4.28. The van der Waals surface area contributed by atoms with Crippen molar-refractivity contribution >= 4 is 28.7 Å². The van der Waals surface area contributed by atoms with Gasteiger partial charge in [-0.25, -0.2) is 4.68 Å². The molecule has 2 N–H and O–H groups in total. The van der Waals surface area contributed by atoms with E-state index in [9.17, 15) is 4.79 Å². The second kappa shape index (κ2) is 7.06. The summed E-state index contributed by atoms with van der Waals surface area (Å²) >= 11 is 5.28. The molecule has 0 bridgehead atoms. The van der Waals surface area contributed by atoms with Crippen molar-refractivity contribution in [2.75, 3.05) is 5.32 Å². The number of hydrogen-bond acceptors (Lipinski definition) is 3. The topological polar surface area (TPSA) is 63.4 Å². The minimum Gasteiger partial charge on any atom is -0.325 e. The van der Waals surface area contributed by atoms with E-state index in [2.05, 4.69) is 22.8 Å². The summed E-state index contributed by atoms with van der Waals surface area (Å²) < 4.78 is 3.41. The number of nitrogens with one attached hydrogen (secondary N) is 2. The van der Waals surface area contributed by atoms with Gasteiger partial charge < -0.3 is 5.32 Å². The molecule has 0 saturated carbocycles. The normalized spacial score (nSPS) is 15.3. The van der Waals surface area contributed by atoms with Gasteiger partial charge in [0.1, 0.15) is 5.69 Å². The van der Waals surface area contributed by atoms with Crippen molar-refractivity contribution in [1.29, 1.82) is 0 Å². The Kier molecular flexibility index (Phi) is 4.85. The van der Waals surface area contributed by atoms with Gasteiger partial charge in [-0.05, 0) is 57.1 Å². The Morgan fingerprint density at radius 3 is 2.56 bits per heavy atom. The maximum Gasteiger partial charge on any atom is 0.295 e. The monoisotopic (exact) mass is 355 g/mol. The number of thiocarbonyl (C=S) groups is 1. The summed E-state index contributed by atoms with van der Waals surface area (Å²) in [7, 11) is 1.84. The molecule has 0 atom stereocenters. The van der Waals surface area contributed by atoms with E-state index in [4.69, 9.17) is 12.2 Å². The molecule has 0 unspecified atom stereocenters. The zero-order chi connectivity index (χ0) is 18.0. The highest BCUT2D eigenvalue weighted by Gasteiger charge is 2.17. The molecule has 0 aliphatic heterocycles. The lowest BCUT2D eigenvalue weighted by molar-refractivity contribution is 0.630. The van der Waals surface area contributed by atoms with Crippen molar-refractivity contribution in [2.24, 2.45) is 12.1 Å². The first-order chi connectivity index (χ1) is 12.0. The predicted octanol–water partition coefficient (Wildman–Crippen LogP) is 2.87. The van der Waals surface area contributed by atoms with Crippen LogP contribution in [0, 0.1) is 6.92 Å². The van der Waals surface area contributed by atoms with Crippen LogP contribution in [-0.4, -0.2) is 20.2 Å². The SMILES string of the molecule is CC1=C/C(=N/NC(=S)Nc2c(C)n(C)n(-c3ccccc3)c2=O)CC1. The van der Waals surface area contributed by atoms with E-state index in [1.54, 1.807) is 9.36 Å². The van der Waals surface area contributed by atoms with E-state index >= 15 is 0 Å². The minimum atomic E-state index is -0.153. The van der Waals surface area contributed by atoms with E-state index in [1.807, 2.05) is 50.4 Å². The van der Waals surface area contributed by atoms with Gasteiger partial charge in [0.2, 0.25) is 0 Å². The summed E-state index contributed by atoms with van der Waals surface area (Å²) in [5.41, 5.74) is 6.99. The molecule has 0 fully saturated rings. The lowest BCUT2D eigenvalue weighted by Crippen LogP contribution is -2.28. The van der Waals surface area contributed by atoms with Gasteiger partial charge >= 0.3 is 0 Å². The van der Waals surface area contributed by atoms with Gasteiger partial charge in [-0.3, -0.25) is 14.9 Å². The number of allylic oxidation sites excluding steroid dienone is 2. The van der Waals surface area contributed by atoms with Crippen LogP contribution in [-0.2, 0) is 7.05 Å². The van der Waals surface area contributed by atoms with Crippen LogP contribution in [0.25, 0.3) is 5.69 Å². The zero-order valence-corrected chi connectivity index (χ0v) is 15.4. The number of aromatic nitrogens is 2. The number of anilines is 1. The molecule has 1 aromatic heterocycles. The molecule has 7 heteroatoms. The van der Waals surface area contributed by atoms with Gasteiger partial charge in [0, 0.05) is 7.05 Å². The third-order valence-corrected chi connectivity index (χ3v) is 4.48. The largest absolute Gasteiger partial charge is 0.325 e. The van der Waals surface area contributed by atoms with Gasteiger partial charge in [0.15, 0.2) is 5.11 Å². The molecule has 1 aromatic carbocycles. The molecule has 2 aromatic rings. The average Bonchev–Trinajstić information content (AvgIpc) is 3.11. The summed E-state index contributed by atoms with van der Waals surface area (Å²) in [6.07, 6.45) is 3.98. The molecule has 3 rings (SSSR count). The molecule has 130 valence electrons. The predicted molar refractivity (Wildman–Crippen MR) is 106 cm³/mol. The van der Waals surface area contributed by atoms with E-state index < -0.39 is 0 Å². The fraction of sp³-hybridized carbons (Fsp3) is 0.278. The van der Waals surface area contributed by atoms with E-state index in [0.29, 0.717) is 10.8 Å². The number of nitrogens with zero attached hydrogens (tertiary/aromatic N) is 3. The summed E-state index contributed by atoms with van der Waals surface area (Å²) in [6.45, 7) is 3.96. The van der Waals surface area contributed by atoms with Crippen molar-refractivity contribution in [1.82, 2.24) is 14.8 Å². The smallest absolute Gasteiger partial charge is 0.295 e. The van der Waals surface area contributed by atoms with Crippen molar-refractivity contribution in [3.63, 3.8) is 0 Å². The second-order valence-corrected chi connectivity index (χ2v) is 6.50. The van der Waals surface area contributed by atoms with Crippen molar-refractivity contribution < 1.29 is 0 Å². The highest BCUT2D eigenvalue weighted by Crippen LogP contribution is 2.15. The van der Waals surface area contributed by atoms with Crippen LogP contribution in [0.1, 0.15) is 25.5 Å². The Hall–Kier alpha value is -2.67. The van der Waals surface area contributed by atoms with E-state index in [0.717, 1.165) is 29.9 Å². The molecule has 0 saturated heterocycles. The summed E-state index contributed by atoms with van der Waals surface area (Å²) in [4.78, 5) is 12.8. The Bertz CT molecular complexity index is 921. The third kappa shape index (κ3) is 3.56. The van der Waals surface area contributed by atoms with Crippen LogP contribution in [0.5, 0.6) is 0 Å². The van der Waals surface area contributed by atoms with Crippen LogP contribution >= 0.6 is 12.2 Å². The van der Waals surface area contributed by atoms with Crippen molar-refractivity contribution in [3.05, 3.63) is 58.0 Å². The maximum absolute atomic E-state index is 12.8. The zero-order valence-electron chi connectivity index (χ0n) is 14.5. The van der Waals surface area contributed by atoms with Gasteiger partial charge in [-0.1, -0.05) is 23.8 Å². The van der Waals surface area contributed by atoms with Gasteiger partial charge in [0.05, 0.1) is 17.1 Å². The summed E-state index contributed by atoms with van der Waals surface area (Å²) in [5.74, 6) is 0. The van der Waals surface area contributed by atoms with Gasteiger partial charge in [0.25, 0.3) is 5.56 Å². The van der Waals surface area contributed by atoms with E-state index in [1.165, 1.54) is 5.57 Å². The quantitative estimate of drug-likeness (QED) is 0.656. The first kappa shape index (κ1) is 17.2. The van der Waals surface area contributed by atoms with Crippen LogP contribution in [0.3, 0.4) is 0 Å². The lowest BCUT2D eigenvalue weighted by Gasteiger charge is -2.07. The van der Waals surface area contributed by atoms with Crippen LogP contribution in [0.2, 0.25) is 0 Å². The number of benzene rings is 1. The highest BCUT2D eigenvalue weighted by molar-refractivity contribution is 7.80. The van der Waals surface area contributed by atoms with E-state index in [-0.39, 0.29) is 5.56 Å². The molecule has 25 heavy (non-hydrogen) atoms. The Balaban J connectivity index is 1.82. The fourth-order valence-corrected chi connectivity index (χ4v) is 2.97.